The van der Waals surface area contributed by atoms with Crippen LogP contribution in [0.15, 0.2) is 24.3 Å². The molecule has 2 amide bonds. The fourth-order valence-electron chi connectivity index (χ4n) is 2.14. The van der Waals surface area contributed by atoms with E-state index < -0.39 is 0 Å². The number of para-hydroxylation sites is 1. The minimum absolute atomic E-state index is 0.0272. The molecule has 20 heavy (non-hydrogen) atoms. The minimum Gasteiger partial charge on any atom is -0.382 e. The minimum atomic E-state index is -0.320. The molecular weight excluding hydrogens is 261 g/mol. The monoisotopic (exact) mass is 279 g/mol. The third-order valence-corrected chi connectivity index (χ3v) is 3.34. The molecule has 1 aromatic carbocycles. The first-order valence-corrected chi connectivity index (χ1v) is 6.66. The summed E-state index contributed by atoms with van der Waals surface area (Å²) >= 11 is 0. The van der Waals surface area contributed by atoms with Crippen molar-refractivity contribution in [2.24, 2.45) is 0 Å². The predicted octanol–water partition coefficient (Wildman–Crippen LogP) is 0.928. The largest absolute Gasteiger partial charge is 0.382 e. The van der Waals surface area contributed by atoms with E-state index in [2.05, 4.69) is 5.32 Å². The van der Waals surface area contributed by atoms with Gasteiger partial charge in [0.2, 0.25) is 12.3 Å². The molecule has 0 unspecified atom stereocenters. The average molecular weight is 279 g/mol. The maximum absolute atomic E-state index is 13.4. The van der Waals surface area contributed by atoms with Crippen molar-refractivity contribution in [2.75, 3.05) is 38.0 Å². The summed E-state index contributed by atoms with van der Waals surface area (Å²) in [6.07, 6.45) is 1.12. The van der Waals surface area contributed by atoms with Crippen molar-refractivity contribution in [1.82, 2.24) is 9.80 Å². The highest BCUT2D eigenvalue weighted by Gasteiger charge is 2.19. The number of halogens is 1. The number of rotatable bonds is 5. The van der Waals surface area contributed by atoms with E-state index in [0.717, 1.165) is 6.41 Å². The van der Waals surface area contributed by atoms with Crippen LogP contribution >= 0.6 is 0 Å². The molecular formula is C14H18FN3O2. The Bertz CT molecular complexity index is 473. The molecule has 1 aliphatic heterocycles. The predicted molar refractivity (Wildman–Crippen MR) is 73.7 cm³/mol. The van der Waals surface area contributed by atoms with E-state index in [1.54, 1.807) is 28.0 Å². The second-order valence-corrected chi connectivity index (χ2v) is 4.68. The van der Waals surface area contributed by atoms with Crippen molar-refractivity contribution in [3.05, 3.63) is 30.1 Å². The van der Waals surface area contributed by atoms with Crippen molar-refractivity contribution in [1.29, 1.82) is 0 Å². The summed E-state index contributed by atoms with van der Waals surface area (Å²) in [5, 5.41) is 2.91. The first kappa shape index (κ1) is 14.3. The molecule has 0 aromatic heterocycles. The Hall–Kier alpha value is -2.11. The Morgan fingerprint density at radius 1 is 1.25 bits per heavy atom. The third kappa shape index (κ3) is 3.69. The van der Waals surface area contributed by atoms with Gasteiger partial charge in [0, 0.05) is 39.1 Å². The van der Waals surface area contributed by atoms with Gasteiger partial charge in [0.25, 0.3) is 0 Å². The zero-order valence-corrected chi connectivity index (χ0v) is 11.2. The Balaban J connectivity index is 1.73. The molecule has 1 N–H and O–H groups in total. The van der Waals surface area contributed by atoms with Crippen molar-refractivity contribution in [3.63, 3.8) is 0 Å². The van der Waals surface area contributed by atoms with E-state index in [1.165, 1.54) is 6.07 Å². The molecule has 0 radical (unpaired) electrons. The molecule has 1 fully saturated rings. The molecule has 0 aliphatic carbocycles. The van der Waals surface area contributed by atoms with E-state index in [1.807, 2.05) is 0 Å². The van der Waals surface area contributed by atoms with Crippen LogP contribution in [0.2, 0.25) is 0 Å². The standard InChI is InChI=1S/C14H18FN3O2/c15-12-3-1-2-4-13(12)16-6-5-14(20)18-9-7-17(11-19)8-10-18/h1-4,11,16H,5-10H2. The molecule has 2 rings (SSSR count). The van der Waals surface area contributed by atoms with Gasteiger partial charge in [0.15, 0.2) is 0 Å². The molecule has 1 saturated heterocycles. The average Bonchev–Trinajstić information content (AvgIpc) is 2.49. The van der Waals surface area contributed by atoms with E-state index >= 15 is 0 Å². The second kappa shape index (κ2) is 6.88. The second-order valence-electron chi connectivity index (χ2n) is 4.68. The number of nitrogens with zero attached hydrogens (tertiary/aromatic N) is 2. The van der Waals surface area contributed by atoms with Gasteiger partial charge >= 0.3 is 0 Å². The fourth-order valence-corrected chi connectivity index (χ4v) is 2.14. The van der Waals surface area contributed by atoms with Crippen molar-refractivity contribution in [2.45, 2.75) is 6.42 Å². The van der Waals surface area contributed by atoms with Crippen LogP contribution in [-0.4, -0.2) is 54.8 Å². The Kier molecular flexibility index (Phi) is 4.92. The fraction of sp³-hybridized carbons (Fsp3) is 0.429. The van der Waals surface area contributed by atoms with E-state index in [-0.39, 0.29) is 11.7 Å². The maximum Gasteiger partial charge on any atom is 0.224 e. The van der Waals surface area contributed by atoms with E-state index in [9.17, 15) is 14.0 Å². The molecule has 1 heterocycles. The van der Waals surface area contributed by atoms with Crippen LogP contribution in [0, 0.1) is 5.82 Å². The zero-order valence-electron chi connectivity index (χ0n) is 11.2. The molecule has 5 nitrogen and oxygen atoms in total. The van der Waals surface area contributed by atoms with Gasteiger partial charge < -0.3 is 15.1 Å². The third-order valence-electron chi connectivity index (χ3n) is 3.34. The van der Waals surface area contributed by atoms with Crippen LogP contribution in [-0.2, 0) is 9.59 Å². The van der Waals surface area contributed by atoms with Gasteiger partial charge in [-0.05, 0) is 12.1 Å². The van der Waals surface area contributed by atoms with Crippen LogP contribution in [0.3, 0.4) is 0 Å². The van der Waals surface area contributed by atoms with Gasteiger partial charge in [0.1, 0.15) is 5.82 Å². The van der Waals surface area contributed by atoms with Crippen molar-refractivity contribution >= 4 is 18.0 Å². The normalized spacial score (nSPS) is 15.1. The molecule has 0 atom stereocenters. The summed E-state index contributed by atoms with van der Waals surface area (Å²) in [5.41, 5.74) is 0.408. The number of anilines is 1. The van der Waals surface area contributed by atoms with Gasteiger partial charge in [-0.2, -0.15) is 0 Å². The molecule has 0 saturated carbocycles. The van der Waals surface area contributed by atoms with Crippen LogP contribution in [0.25, 0.3) is 0 Å². The Morgan fingerprint density at radius 3 is 2.60 bits per heavy atom. The molecule has 0 spiro atoms. The zero-order chi connectivity index (χ0) is 14.4. The van der Waals surface area contributed by atoms with Crippen molar-refractivity contribution < 1.29 is 14.0 Å². The van der Waals surface area contributed by atoms with Crippen LogP contribution in [0.4, 0.5) is 10.1 Å². The quantitative estimate of drug-likeness (QED) is 0.816. The number of carbonyl (C=O) groups is 2. The lowest BCUT2D eigenvalue weighted by Gasteiger charge is -2.32. The summed E-state index contributed by atoms with van der Waals surface area (Å²) in [6, 6.07) is 6.38. The lowest BCUT2D eigenvalue weighted by Crippen LogP contribution is -2.48. The summed E-state index contributed by atoms with van der Waals surface area (Å²) in [6.45, 7) is 2.69. The van der Waals surface area contributed by atoms with Gasteiger partial charge in [0.05, 0.1) is 5.69 Å². The molecule has 0 bridgehead atoms. The number of hydrogen-bond acceptors (Lipinski definition) is 3. The number of nitrogens with one attached hydrogen (secondary N) is 1. The van der Waals surface area contributed by atoms with Crippen LogP contribution < -0.4 is 5.32 Å². The number of hydrogen-bond donors (Lipinski definition) is 1. The van der Waals surface area contributed by atoms with Crippen LogP contribution in [0.1, 0.15) is 6.42 Å². The summed E-state index contributed by atoms with van der Waals surface area (Å²) in [7, 11) is 0. The lowest BCUT2D eigenvalue weighted by atomic mass is 10.2. The number of carbonyl (C=O) groups excluding carboxylic acids is 2. The first-order chi connectivity index (χ1) is 9.70. The summed E-state index contributed by atoms with van der Waals surface area (Å²) in [5.74, 6) is -0.293. The SMILES string of the molecule is O=CN1CCN(C(=O)CCNc2ccccc2F)CC1. The number of piperazine rings is 1. The first-order valence-electron chi connectivity index (χ1n) is 6.66. The number of amides is 2. The topological polar surface area (TPSA) is 52.7 Å². The highest BCUT2D eigenvalue weighted by atomic mass is 19.1. The van der Waals surface area contributed by atoms with E-state index in [0.29, 0.717) is 44.8 Å². The number of benzene rings is 1. The summed E-state index contributed by atoms with van der Waals surface area (Å²) in [4.78, 5) is 25.9. The molecule has 108 valence electrons. The summed E-state index contributed by atoms with van der Waals surface area (Å²) < 4.78 is 13.4. The van der Waals surface area contributed by atoms with Gasteiger partial charge in [-0.15, -0.1) is 0 Å². The van der Waals surface area contributed by atoms with Gasteiger partial charge in [-0.1, -0.05) is 12.1 Å². The van der Waals surface area contributed by atoms with Gasteiger partial charge in [-0.3, -0.25) is 9.59 Å². The highest BCUT2D eigenvalue weighted by molar-refractivity contribution is 5.77. The Morgan fingerprint density at radius 2 is 1.95 bits per heavy atom. The maximum atomic E-state index is 13.4. The smallest absolute Gasteiger partial charge is 0.224 e. The molecule has 1 aliphatic rings. The molecule has 6 heteroatoms. The van der Waals surface area contributed by atoms with Crippen LogP contribution in [0.5, 0.6) is 0 Å². The van der Waals surface area contributed by atoms with Crippen molar-refractivity contribution in [3.8, 4) is 0 Å². The Labute approximate surface area is 117 Å². The lowest BCUT2D eigenvalue weighted by molar-refractivity contribution is -0.134. The van der Waals surface area contributed by atoms with E-state index in [4.69, 9.17) is 0 Å². The van der Waals surface area contributed by atoms with Gasteiger partial charge in [-0.25, -0.2) is 4.39 Å². The molecule has 1 aromatic rings. The highest BCUT2D eigenvalue weighted by Crippen LogP contribution is 2.12.